The van der Waals surface area contributed by atoms with Crippen LogP contribution in [0.25, 0.3) is 0 Å². The van der Waals surface area contributed by atoms with Crippen LogP contribution in [0.4, 0.5) is 0 Å². The van der Waals surface area contributed by atoms with Crippen LogP contribution in [0.5, 0.6) is 0 Å². The molecule has 2 nitrogen and oxygen atoms in total. The minimum absolute atomic E-state index is 0.255. The summed E-state index contributed by atoms with van der Waals surface area (Å²) in [5.41, 5.74) is 2.14. The van der Waals surface area contributed by atoms with Crippen LogP contribution in [0.1, 0.15) is 78.6 Å². The van der Waals surface area contributed by atoms with Gasteiger partial charge >= 0.3 is 5.97 Å². The number of hydrogen-bond donors (Lipinski definition) is 0. The zero-order valence-corrected chi connectivity index (χ0v) is 15.6. The molecule has 0 aromatic rings. The summed E-state index contributed by atoms with van der Waals surface area (Å²) in [7, 11) is 0. The molecule has 0 radical (unpaired) electrons. The van der Waals surface area contributed by atoms with Gasteiger partial charge in [-0.25, -0.2) is 4.79 Å². The Morgan fingerprint density at radius 2 is 1.52 bits per heavy atom. The Labute approximate surface area is 139 Å². The summed E-state index contributed by atoms with van der Waals surface area (Å²) in [5, 5.41) is 0. The summed E-state index contributed by atoms with van der Waals surface area (Å²) in [6.07, 6.45) is 9.99. The van der Waals surface area contributed by atoms with E-state index in [1.54, 1.807) is 5.57 Å². The molecule has 0 unspecified atom stereocenters. The second-order valence-corrected chi connectivity index (χ2v) is 6.35. The van der Waals surface area contributed by atoms with Gasteiger partial charge in [0.15, 0.2) is 0 Å². The van der Waals surface area contributed by atoms with Crippen molar-refractivity contribution in [3.05, 3.63) is 22.2 Å². The molecule has 0 aromatic heterocycles. The lowest BCUT2D eigenvalue weighted by Gasteiger charge is -2.11. The average molecular weight is 359 g/mol. The number of ether oxygens (including phenoxy) is 1. The minimum atomic E-state index is -0.255. The van der Waals surface area contributed by atoms with Crippen LogP contribution in [0.2, 0.25) is 0 Å². The molecule has 21 heavy (non-hydrogen) atoms. The Morgan fingerprint density at radius 1 is 0.952 bits per heavy atom. The Kier molecular flexibility index (Phi) is 12.8. The van der Waals surface area contributed by atoms with Crippen molar-refractivity contribution >= 4 is 21.9 Å². The molecule has 0 aliphatic rings. The molecule has 0 fully saturated rings. The highest BCUT2D eigenvalue weighted by molar-refractivity contribution is 9.11. The van der Waals surface area contributed by atoms with Crippen LogP contribution in [0, 0.1) is 0 Å². The Morgan fingerprint density at radius 3 is 2.00 bits per heavy atom. The molecule has 0 aliphatic heterocycles. The van der Waals surface area contributed by atoms with Gasteiger partial charge in [0.25, 0.3) is 0 Å². The number of esters is 1. The van der Waals surface area contributed by atoms with Gasteiger partial charge in [-0.3, -0.25) is 0 Å². The molecule has 122 valence electrons. The summed E-state index contributed by atoms with van der Waals surface area (Å²) in [6.45, 7) is 10.5. The van der Waals surface area contributed by atoms with Gasteiger partial charge < -0.3 is 4.74 Å². The van der Waals surface area contributed by atoms with Crippen LogP contribution in [0.15, 0.2) is 22.2 Å². The van der Waals surface area contributed by atoms with Crippen molar-refractivity contribution in [1.82, 2.24) is 0 Å². The van der Waals surface area contributed by atoms with Crippen molar-refractivity contribution in [2.24, 2.45) is 0 Å². The van der Waals surface area contributed by atoms with Crippen LogP contribution in [-0.4, -0.2) is 12.6 Å². The smallest absolute Gasteiger partial charge is 0.333 e. The number of hydrogen-bond acceptors (Lipinski definition) is 2. The number of allylic oxidation sites excluding steroid dienone is 2. The van der Waals surface area contributed by atoms with E-state index in [2.05, 4.69) is 36.4 Å². The first-order valence-corrected chi connectivity index (χ1v) is 9.07. The van der Waals surface area contributed by atoms with Crippen molar-refractivity contribution in [3.8, 4) is 0 Å². The zero-order valence-electron chi connectivity index (χ0n) is 14.0. The third kappa shape index (κ3) is 9.89. The number of carbonyl (C=O) groups excluding carboxylic acids is 1. The molecule has 0 aliphatic carbocycles. The lowest BCUT2D eigenvalue weighted by molar-refractivity contribution is -0.138. The van der Waals surface area contributed by atoms with Crippen molar-refractivity contribution in [2.45, 2.75) is 78.6 Å². The second kappa shape index (κ2) is 13.1. The summed E-state index contributed by atoms with van der Waals surface area (Å²) in [4.78, 5) is 11.5. The van der Waals surface area contributed by atoms with Crippen LogP contribution >= 0.6 is 15.9 Å². The Balaban J connectivity index is 4.31. The third-order valence-corrected chi connectivity index (χ3v) is 4.44. The molecule has 0 N–H and O–H groups in total. The predicted molar refractivity (Wildman–Crippen MR) is 94.6 cm³/mol. The zero-order chi connectivity index (χ0) is 16.1. The summed E-state index contributed by atoms with van der Waals surface area (Å²) in [5.74, 6) is -0.255. The molecule has 0 spiro atoms. The Bertz CT molecular complexity index is 335. The van der Waals surface area contributed by atoms with Gasteiger partial charge in [-0.2, -0.15) is 0 Å². The fraction of sp³-hybridized carbons (Fsp3) is 0.722. The van der Waals surface area contributed by atoms with E-state index in [4.69, 9.17) is 4.74 Å². The lowest BCUT2D eigenvalue weighted by atomic mass is 10.00. The average Bonchev–Trinajstić information content (AvgIpc) is 2.47. The maximum Gasteiger partial charge on any atom is 0.333 e. The van der Waals surface area contributed by atoms with Crippen LogP contribution < -0.4 is 0 Å². The van der Waals surface area contributed by atoms with E-state index in [-0.39, 0.29) is 5.97 Å². The predicted octanol–water partition coefficient (Wildman–Crippen LogP) is 6.31. The SMILES string of the molecule is C=C(CCCC(Br)=C(CCCC)CCCC)C(=O)OCC. The monoisotopic (exact) mass is 358 g/mol. The molecular formula is C18H31BrO2. The molecule has 0 saturated heterocycles. The first kappa shape index (κ1) is 20.4. The van der Waals surface area contributed by atoms with Crippen LogP contribution in [-0.2, 0) is 9.53 Å². The van der Waals surface area contributed by atoms with Gasteiger partial charge in [0, 0.05) is 5.57 Å². The van der Waals surface area contributed by atoms with E-state index in [1.807, 2.05) is 6.92 Å². The van der Waals surface area contributed by atoms with Crippen molar-refractivity contribution in [3.63, 3.8) is 0 Å². The van der Waals surface area contributed by atoms with Gasteiger partial charge in [0.2, 0.25) is 0 Å². The van der Waals surface area contributed by atoms with Gasteiger partial charge in [-0.05, 0) is 56.4 Å². The van der Waals surface area contributed by atoms with E-state index >= 15 is 0 Å². The Hall–Kier alpha value is -0.570. The highest BCUT2D eigenvalue weighted by atomic mass is 79.9. The van der Waals surface area contributed by atoms with Crippen molar-refractivity contribution in [1.29, 1.82) is 0 Å². The quantitative estimate of drug-likeness (QED) is 0.302. The normalized spacial score (nSPS) is 10.3. The molecule has 3 heteroatoms. The van der Waals surface area contributed by atoms with E-state index in [9.17, 15) is 4.79 Å². The van der Waals surface area contributed by atoms with Gasteiger partial charge in [0.05, 0.1) is 6.61 Å². The fourth-order valence-corrected chi connectivity index (χ4v) is 2.82. The molecule has 0 heterocycles. The molecule has 0 aromatic carbocycles. The highest BCUT2D eigenvalue weighted by Gasteiger charge is 2.09. The first-order chi connectivity index (χ1) is 10.1. The maximum atomic E-state index is 11.5. The summed E-state index contributed by atoms with van der Waals surface area (Å²) >= 11 is 3.76. The number of unbranched alkanes of at least 4 members (excludes halogenated alkanes) is 2. The third-order valence-electron chi connectivity index (χ3n) is 3.49. The van der Waals surface area contributed by atoms with Crippen molar-refractivity contribution in [2.75, 3.05) is 6.61 Å². The molecular weight excluding hydrogens is 328 g/mol. The van der Waals surface area contributed by atoms with Crippen LogP contribution in [0.3, 0.4) is 0 Å². The molecule has 0 saturated carbocycles. The maximum absolute atomic E-state index is 11.5. The minimum Gasteiger partial charge on any atom is -0.463 e. The standard InChI is InChI=1S/C18H31BrO2/c1-5-8-12-16(13-9-6-2)17(19)14-10-11-15(4)18(20)21-7-3/h4-14H2,1-3H3. The fourth-order valence-electron chi connectivity index (χ4n) is 2.15. The molecule has 0 bridgehead atoms. The molecule has 0 amide bonds. The second-order valence-electron chi connectivity index (χ2n) is 5.39. The van der Waals surface area contributed by atoms with Gasteiger partial charge in [-0.1, -0.05) is 54.8 Å². The molecule has 0 atom stereocenters. The van der Waals surface area contributed by atoms with E-state index < -0.39 is 0 Å². The van der Waals surface area contributed by atoms with Crippen molar-refractivity contribution < 1.29 is 9.53 Å². The van der Waals surface area contributed by atoms with E-state index in [0.717, 1.165) is 12.8 Å². The number of rotatable bonds is 12. The van der Waals surface area contributed by atoms with Gasteiger partial charge in [0.1, 0.15) is 0 Å². The summed E-state index contributed by atoms with van der Waals surface area (Å²) in [6, 6.07) is 0. The van der Waals surface area contributed by atoms with Gasteiger partial charge in [-0.15, -0.1) is 0 Å². The highest BCUT2D eigenvalue weighted by Crippen LogP contribution is 2.27. The lowest BCUT2D eigenvalue weighted by Crippen LogP contribution is -2.06. The van der Waals surface area contributed by atoms with E-state index in [1.165, 1.54) is 43.0 Å². The number of halogens is 1. The first-order valence-electron chi connectivity index (χ1n) is 8.27. The topological polar surface area (TPSA) is 26.3 Å². The number of carbonyl (C=O) groups is 1. The van der Waals surface area contributed by atoms with E-state index in [0.29, 0.717) is 18.6 Å². The largest absolute Gasteiger partial charge is 0.463 e. The molecule has 0 rings (SSSR count). The summed E-state index contributed by atoms with van der Waals surface area (Å²) < 4.78 is 6.29.